The fourth-order valence-electron chi connectivity index (χ4n) is 1.00. The lowest BCUT2D eigenvalue weighted by molar-refractivity contribution is 0.0761. The SMILES string of the molecule is C=CN1C=COC1CCC. The molecule has 0 saturated heterocycles. The van der Waals surface area contributed by atoms with Crippen LogP contribution in [0.3, 0.4) is 0 Å². The topological polar surface area (TPSA) is 12.5 Å². The lowest BCUT2D eigenvalue weighted by Gasteiger charge is -2.18. The lowest BCUT2D eigenvalue weighted by Crippen LogP contribution is -2.22. The molecule has 0 amide bonds. The lowest BCUT2D eigenvalue weighted by atomic mass is 10.3. The van der Waals surface area contributed by atoms with Gasteiger partial charge < -0.3 is 9.64 Å². The van der Waals surface area contributed by atoms with Crippen molar-refractivity contribution >= 4 is 0 Å². The molecule has 2 heteroatoms. The van der Waals surface area contributed by atoms with E-state index in [2.05, 4.69) is 13.5 Å². The minimum Gasteiger partial charge on any atom is -0.476 e. The van der Waals surface area contributed by atoms with E-state index in [9.17, 15) is 0 Å². The second-order valence-electron chi connectivity index (χ2n) is 2.29. The zero-order valence-corrected chi connectivity index (χ0v) is 6.29. The zero-order valence-electron chi connectivity index (χ0n) is 6.29. The third kappa shape index (κ3) is 1.32. The van der Waals surface area contributed by atoms with E-state index in [1.165, 1.54) is 0 Å². The third-order valence-corrected chi connectivity index (χ3v) is 1.55. The monoisotopic (exact) mass is 139 g/mol. The van der Waals surface area contributed by atoms with Crippen LogP contribution in [0.2, 0.25) is 0 Å². The maximum Gasteiger partial charge on any atom is 0.174 e. The molecule has 0 aromatic carbocycles. The number of hydrogen-bond acceptors (Lipinski definition) is 2. The Morgan fingerprint density at radius 3 is 3.20 bits per heavy atom. The van der Waals surface area contributed by atoms with Crippen molar-refractivity contribution < 1.29 is 4.74 Å². The standard InChI is InChI=1S/C8H13NO/c1-3-5-8-9(4-2)6-7-10-8/h4,6-8H,2-3,5H2,1H3. The molecule has 0 radical (unpaired) electrons. The highest BCUT2D eigenvalue weighted by Crippen LogP contribution is 2.15. The van der Waals surface area contributed by atoms with Gasteiger partial charge in [-0.25, -0.2) is 0 Å². The molecule has 0 aliphatic carbocycles. The van der Waals surface area contributed by atoms with E-state index in [0.29, 0.717) is 0 Å². The summed E-state index contributed by atoms with van der Waals surface area (Å²) in [7, 11) is 0. The first-order valence-corrected chi connectivity index (χ1v) is 3.60. The van der Waals surface area contributed by atoms with E-state index >= 15 is 0 Å². The van der Waals surface area contributed by atoms with Crippen LogP contribution in [0.1, 0.15) is 19.8 Å². The molecule has 0 aromatic rings. The molecule has 1 heterocycles. The van der Waals surface area contributed by atoms with E-state index in [0.717, 1.165) is 12.8 Å². The first-order chi connectivity index (χ1) is 4.88. The summed E-state index contributed by atoms with van der Waals surface area (Å²) in [6.07, 6.45) is 7.78. The molecular formula is C8H13NO. The Hall–Kier alpha value is -0.920. The molecule has 0 saturated carbocycles. The minimum atomic E-state index is 0.197. The summed E-state index contributed by atoms with van der Waals surface area (Å²) >= 11 is 0. The highest BCUT2D eigenvalue weighted by molar-refractivity contribution is 4.91. The highest BCUT2D eigenvalue weighted by Gasteiger charge is 2.15. The Bertz CT molecular complexity index is 142. The van der Waals surface area contributed by atoms with Crippen LogP contribution in [0.4, 0.5) is 0 Å². The number of hydrogen-bond donors (Lipinski definition) is 0. The molecule has 0 N–H and O–H groups in total. The second-order valence-corrected chi connectivity index (χ2v) is 2.29. The van der Waals surface area contributed by atoms with Crippen LogP contribution in [0.25, 0.3) is 0 Å². The molecule has 1 unspecified atom stereocenters. The average Bonchev–Trinajstić information content (AvgIpc) is 2.36. The van der Waals surface area contributed by atoms with Gasteiger partial charge in [0.1, 0.15) is 6.26 Å². The highest BCUT2D eigenvalue weighted by atomic mass is 16.5. The van der Waals surface area contributed by atoms with Crippen LogP contribution in [0, 0.1) is 0 Å². The number of ether oxygens (including phenoxy) is 1. The van der Waals surface area contributed by atoms with Crippen LogP contribution < -0.4 is 0 Å². The van der Waals surface area contributed by atoms with E-state index in [1.54, 1.807) is 12.5 Å². The summed E-state index contributed by atoms with van der Waals surface area (Å²) < 4.78 is 5.27. The number of rotatable bonds is 3. The summed E-state index contributed by atoms with van der Waals surface area (Å²) in [4.78, 5) is 1.98. The van der Waals surface area contributed by atoms with E-state index in [1.807, 2.05) is 11.1 Å². The van der Waals surface area contributed by atoms with Gasteiger partial charge in [0.25, 0.3) is 0 Å². The maximum atomic E-state index is 5.27. The van der Waals surface area contributed by atoms with Gasteiger partial charge in [0, 0.05) is 18.8 Å². The Balaban J connectivity index is 2.39. The van der Waals surface area contributed by atoms with Crippen molar-refractivity contribution in [1.82, 2.24) is 4.90 Å². The van der Waals surface area contributed by atoms with E-state index in [4.69, 9.17) is 4.74 Å². The molecule has 1 atom stereocenters. The molecule has 0 aromatic heterocycles. The van der Waals surface area contributed by atoms with Gasteiger partial charge in [0.15, 0.2) is 6.23 Å². The zero-order chi connectivity index (χ0) is 7.40. The van der Waals surface area contributed by atoms with E-state index in [-0.39, 0.29) is 6.23 Å². The summed E-state index contributed by atoms with van der Waals surface area (Å²) in [5, 5.41) is 0. The molecular weight excluding hydrogens is 126 g/mol. The molecule has 0 fully saturated rings. The van der Waals surface area contributed by atoms with Gasteiger partial charge in [0.05, 0.1) is 0 Å². The summed E-state index contributed by atoms with van der Waals surface area (Å²) in [6.45, 7) is 5.81. The van der Waals surface area contributed by atoms with Crippen molar-refractivity contribution in [3.63, 3.8) is 0 Å². The van der Waals surface area contributed by atoms with Gasteiger partial charge in [0.2, 0.25) is 0 Å². The minimum absolute atomic E-state index is 0.197. The Kier molecular flexibility index (Phi) is 2.37. The summed E-state index contributed by atoms with van der Waals surface area (Å²) in [6, 6.07) is 0. The normalized spacial score (nSPS) is 22.9. The first kappa shape index (κ1) is 7.19. The van der Waals surface area contributed by atoms with Gasteiger partial charge in [-0.3, -0.25) is 0 Å². The molecule has 0 bridgehead atoms. The summed E-state index contributed by atoms with van der Waals surface area (Å²) in [5.41, 5.74) is 0. The van der Waals surface area contributed by atoms with Crippen LogP contribution in [-0.2, 0) is 4.74 Å². The quantitative estimate of drug-likeness (QED) is 0.593. The molecule has 56 valence electrons. The van der Waals surface area contributed by atoms with Crippen molar-refractivity contribution in [3.8, 4) is 0 Å². The fourth-order valence-corrected chi connectivity index (χ4v) is 1.00. The Labute approximate surface area is 61.8 Å². The largest absolute Gasteiger partial charge is 0.476 e. The predicted octanol–water partition coefficient (Wildman–Crippen LogP) is 2.06. The number of nitrogens with zero attached hydrogens (tertiary/aromatic N) is 1. The maximum absolute atomic E-state index is 5.27. The van der Waals surface area contributed by atoms with E-state index < -0.39 is 0 Å². The third-order valence-electron chi connectivity index (χ3n) is 1.55. The van der Waals surface area contributed by atoms with Gasteiger partial charge in [-0.05, 0) is 0 Å². The Morgan fingerprint density at radius 2 is 2.60 bits per heavy atom. The molecule has 10 heavy (non-hydrogen) atoms. The molecule has 0 spiro atoms. The van der Waals surface area contributed by atoms with Gasteiger partial charge >= 0.3 is 0 Å². The van der Waals surface area contributed by atoms with Crippen LogP contribution in [0.15, 0.2) is 25.2 Å². The van der Waals surface area contributed by atoms with Crippen LogP contribution >= 0.6 is 0 Å². The van der Waals surface area contributed by atoms with Crippen molar-refractivity contribution in [3.05, 3.63) is 25.2 Å². The molecule has 1 rings (SSSR count). The van der Waals surface area contributed by atoms with Crippen molar-refractivity contribution in [1.29, 1.82) is 0 Å². The molecule has 2 nitrogen and oxygen atoms in total. The Morgan fingerprint density at radius 1 is 1.80 bits per heavy atom. The molecule has 1 aliphatic heterocycles. The van der Waals surface area contributed by atoms with Gasteiger partial charge in [-0.15, -0.1) is 0 Å². The fraction of sp³-hybridized carbons (Fsp3) is 0.500. The predicted molar refractivity (Wildman–Crippen MR) is 41.0 cm³/mol. The van der Waals surface area contributed by atoms with Crippen molar-refractivity contribution in [2.75, 3.05) is 0 Å². The van der Waals surface area contributed by atoms with Crippen molar-refractivity contribution in [2.24, 2.45) is 0 Å². The summed E-state index contributed by atoms with van der Waals surface area (Å²) in [5.74, 6) is 0. The average molecular weight is 139 g/mol. The van der Waals surface area contributed by atoms with Crippen LogP contribution in [0.5, 0.6) is 0 Å². The van der Waals surface area contributed by atoms with Gasteiger partial charge in [-0.2, -0.15) is 0 Å². The smallest absolute Gasteiger partial charge is 0.174 e. The first-order valence-electron chi connectivity index (χ1n) is 3.60. The van der Waals surface area contributed by atoms with Gasteiger partial charge in [-0.1, -0.05) is 19.9 Å². The second kappa shape index (κ2) is 3.30. The van der Waals surface area contributed by atoms with Crippen LogP contribution in [-0.4, -0.2) is 11.1 Å². The molecule has 1 aliphatic rings. The van der Waals surface area contributed by atoms with Crippen molar-refractivity contribution in [2.45, 2.75) is 26.0 Å².